The first-order valence-electron chi connectivity index (χ1n) is 7.70. The molecule has 1 saturated carbocycles. The quantitative estimate of drug-likeness (QED) is 0.830. The zero-order valence-corrected chi connectivity index (χ0v) is 12.2. The van der Waals surface area contributed by atoms with E-state index >= 15 is 0 Å². The zero-order chi connectivity index (χ0) is 14.3. The summed E-state index contributed by atoms with van der Waals surface area (Å²) in [6.45, 7) is 0. The first-order valence-corrected chi connectivity index (χ1v) is 7.70. The van der Waals surface area contributed by atoms with Gasteiger partial charge in [-0.05, 0) is 43.0 Å². The fourth-order valence-electron chi connectivity index (χ4n) is 2.74. The molecule has 1 aromatic heterocycles. The summed E-state index contributed by atoms with van der Waals surface area (Å²) in [7, 11) is 0. The Morgan fingerprint density at radius 3 is 2.52 bits per heavy atom. The van der Waals surface area contributed by atoms with E-state index in [0.29, 0.717) is 6.04 Å². The maximum Gasteiger partial charge on any atom is 0.136 e. The van der Waals surface area contributed by atoms with Crippen LogP contribution in [0, 0.1) is 11.8 Å². The molecule has 21 heavy (non-hydrogen) atoms. The number of nitrogens with one attached hydrogen (secondary N) is 1. The van der Waals surface area contributed by atoms with Crippen LogP contribution < -0.4 is 5.32 Å². The summed E-state index contributed by atoms with van der Waals surface area (Å²) in [4.78, 5) is 4.42. The summed E-state index contributed by atoms with van der Waals surface area (Å²) in [6, 6.07) is 14.7. The molecule has 2 nitrogen and oxygen atoms in total. The van der Waals surface area contributed by atoms with Crippen molar-refractivity contribution in [1.82, 2.24) is 4.98 Å². The third-order valence-corrected chi connectivity index (χ3v) is 3.87. The van der Waals surface area contributed by atoms with E-state index in [1.54, 1.807) is 6.20 Å². The SMILES string of the molecule is C(#Cc1ncccc1NC1CCCCC1)c1ccccc1. The van der Waals surface area contributed by atoms with Crippen LogP contribution in [-0.2, 0) is 0 Å². The molecule has 1 heterocycles. The van der Waals surface area contributed by atoms with Crippen molar-refractivity contribution in [3.63, 3.8) is 0 Å². The van der Waals surface area contributed by atoms with E-state index in [2.05, 4.69) is 28.2 Å². The summed E-state index contributed by atoms with van der Waals surface area (Å²) >= 11 is 0. The van der Waals surface area contributed by atoms with Crippen molar-refractivity contribution in [2.45, 2.75) is 38.1 Å². The van der Waals surface area contributed by atoms with E-state index in [-0.39, 0.29) is 0 Å². The molecule has 0 spiro atoms. The van der Waals surface area contributed by atoms with E-state index in [1.165, 1.54) is 32.1 Å². The highest BCUT2D eigenvalue weighted by Gasteiger charge is 2.14. The van der Waals surface area contributed by atoms with Gasteiger partial charge < -0.3 is 5.32 Å². The van der Waals surface area contributed by atoms with Gasteiger partial charge in [-0.1, -0.05) is 43.4 Å². The van der Waals surface area contributed by atoms with Crippen molar-refractivity contribution in [3.05, 3.63) is 59.9 Å². The van der Waals surface area contributed by atoms with Gasteiger partial charge in [0.1, 0.15) is 5.69 Å². The van der Waals surface area contributed by atoms with E-state index in [0.717, 1.165) is 16.9 Å². The normalized spacial score (nSPS) is 15.0. The van der Waals surface area contributed by atoms with Crippen LogP contribution in [0.2, 0.25) is 0 Å². The molecule has 106 valence electrons. The van der Waals surface area contributed by atoms with Gasteiger partial charge in [-0.15, -0.1) is 0 Å². The first-order chi connectivity index (χ1) is 10.4. The van der Waals surface area contributed by atoms with Crippen LogP contribution in [0.15, 0.2) is 48.7 Å². The van der Waals surface area contributed by atoms with Crippen molar-refractivity contribution in [1.29, 1.82) is 0 Å². The molecule has 0 atom stereocenters. The molecule has 0 bridgehead atoms. The number of hydrogen-bond acceptors (Lipinski definition) is 2. The molecule has 3 rings (SSSR count). The van der Waals surface area contributed by atoms with Crippen LogP contribution in [0.4, 0.5) is 5.69 Å². The van der Waals surface area contributed by atoms with Gasteiger partial charge in [0.05, 0.1) is 5.69 Å². The highest BCUT2D eigenvalue weighted by atomic mass is 14.9. The van der Waals surface area contributed by atoms with Crippen molar-refractivity contribution in [3.8, 4) is 11.8 Å². The summed E-state index contributed by atoms with van der Waals surface area (Å²) in [6.07, 6.45) is 8.32. The first kappa shape index (κ1) is 13.7. The smallest absolute Gasteiger partial charge is 0.136 e. The number of aromatic nitrogens is 1. The van der Waals surface area contributed by atoms with Gasteiger partial charge in [0.2, 0.25) is 0 Å². The van der Waals surface area contributed by atoms with E-state index in [9.17, 15) is 0 Å². The average Bonchev–Trinajstić information content (AvgIpc) is 2.56. The van der Waals surface area contributed by atoms with E-state index < -0.39 is 0 Å². The predicted molar refractivity (Wildman–Crippen MR) is 87.2 cm³/mol. The summed E-state index contributed by atoms with van der Waals surface area (Å²) in [5, 5.41) is 3.62. The van der Waals surface area contributed by atoms with Gasteiger partial charge >= 0.3 is 0 Å². The second-order valence-corrected chi connectivity index (χ2v) is 5.49. The lowest BCUT2D eigenvalue weighted by molar-refractivity contribution is 0.462. The molecule has 0 amide bonds. The summed E-state index contributed by atoms with van der Waals surface area (Å²) in [5.41, 5.74) is 2.92. The Morgan fingerprint density at radius 1 is 0.905 bits per heavy atom. The Balaban J connectivity index is 1.78. The van der Waals surface area contributed by atoms with Crippen molar-refractivity contribution >= 4 is 5.69 Å². The lowest BCUT2D eigenvalue weighted by Gasteiger charge is -2.24. The molecule has 0 radical (unpaired) electrons. The topological polar surface area (TPSA) is 24.9 Å². The van der Waals surface area contributed by atoms with Crippen LogP contribution in [0.3, 0.4) is 0 Å². The monoisotopic (exact) mass is 276 g/mol. The Morgan fingerprint density at radius 2 is 1.71 bits per heavy atom. The third kappa shape index (κ3) is 3.86. The number of nitrogens with zero attached hydrogens (tertiary/aromatic N) is 1. The van der Waals surface area contributed by atoms with E-state index in [4.69, 9.17) is 0 Å². The molecule has 2 heteroatoms. The van der Waals surface area contributed by atoms with Gasteiger partial charge in [0, 0.05) is 17.8 Å². The number of pyridine rings is 1. The van der Waals surface area contributed by atoms with Crippen molar-refractivity contribution < 1.29 is 0 Å². The number of rotatable bonds is 2. The van der Waals surface area contributed by atoms with Crippen LogP contribution in [-0.4, -0.2) is 11.0 Å². The third-order valence-electron chi connectivity index (χ3n) is 3.87. The lowest BCUT2D eigenvalue weighted by atomic mass is 9.95. The number of anilines is 1. The summed E-state index contributed by atoms with van der Waals surface area (Å²) < 4.78 is 0. The Bertz CT molecular complexity index is 631. The molecular formula is C19H20N2. The van der Waals surface area contributed by atoms with Crippen LogP contribution in [0.5, 0.6) is 0 Å². The molecule has 1 fully saturated rings. The minimum absolute atomic E-state index is 0.570. The molecule has 0 saturated heterocycles. The molecule has 1 aliphatic rings. The standard InChI is InChI=1S/C19H20N2/c1-3-8-16(9-4-1)13-14-18-19(12-7-15-20-18)21-17-10-5-2-6-11-17/h1,3-4,7-9,12,15,17,21H,2,5-6,10-11H2. The fraction of sp³-hybridized carbons (Fsp3) is 0.316. The highest BCUT2D eigenvalue weighted by Crippen LogP contribution is 2.22. The minimum atomic E-state index is 0.570. The molecule has 0 aliphatic heterocycles. The maximum absolute atomic E-state index is 4.42. The Kier molecular flexibility index (Phi) is 4.53. The van der Waals surface area contributed by atoms with Crippen LogP contribution in [0.25, 0.3) is 0 Å². The zero-order valence-electron chi connectivity index (χ0n) is 12.2. The second kappa shape index (κ2) is 6.95. The van der Waals surface area contributed by atoms with Crippen molar-refractivity contribution in [2.24, 2.45) is 0 Å². The molecule has 1 aliphatic carbocycles. The molecular weight excluding hydrogens is 256 g/mol. The van der Waals surface area contributed by atoms with Crippen molar-refractivity contribution in [2.75, 3.05) is 5.32 Å². The van der Waals surface area contributed by atoms with Gasteiger partial charge in [-0.2, -0.15) is 0 Å². The minimum Gasteiger partial charge on any atom is -0.380 e. The fourth-order valence-corrected chi connectivity index (χ4v) is 2.74. The largest absolute Gasteiger partial charge is 0.380 e. The maximum atomic E-state index is 4.42. The molecule has 0 unspecified atom stereocenters. The molecule has 2 aromatic rings. The number of benzene rings is 1. The van der Waals surface area contributed by atoms with E-state index in [1.807, 2.05) is 36.4 Å². The summed E-state index contributed by atoms with van der Waals surface area (Å²) in [5.74, 6) is 6.38. The highest BCUT2D eigenvalue weighted by molar-refractivity contribution is 5.57. The van der Waals surface area contributed by atoms with Gasteiger partial charge in [0.25, 0.3) is 0 Å². The second-order valence-electron chi connectivity index (χ2n) is 5.49. The van der Waals surface area contributed by atoms with Crippen LogP contribution >= 0.6 is 0 Å². The van der Waals surface area contributed by atoms with Gasteiger partial charge in [-0.3, -0.25) is 0 Å². The predicted octanol–water partition coefficient (Wildman–Crippen LogP) is 4.23. The Labute approximate surface area is 126 Å². The molecule has 1 aromatic carbocycles. The Hall–Kier alpha value is -2.27. The van der Waals surface area contributed by atoms with Crippen LogP contribution in [0.1, 0.15) is 43.4 Å². The molecule has 1 N–H and O–H groups in total. The number of hydrogen-bond donors (Lipinski definition) is 1. The van der Waals surface area contributed by atoms with Gasteiger partial charge in [-0.25, -0.2) is 4.98 Å². The lowest BCUT2D eigenvalue weighted by Crippen LogP contribution is -2.22. The van der Waals surface area contributed by atoms with Gasteiger partial charge in [0.15, 0.2) is 0 Å². The average molecular weight is 276 g/mol.